The molecule has 0 aromatic heterocycles. The molecule has 0 radical (unpaired) electrons. The molecule has 566 valence electrons. The van der Waals surface area contributed by atoms with Gasteiger partial charge in [-0.3, -0.25) is 9.59 Å². The zero-order valence-electron chi connectivity index (χ0n) is 65.1. The fourth-order valence-electron chi connectivity index (χ4n) is 13.9. The highest BCUT2D eigenvalue weighted by Crippen LogP contribution is 2.20. The van der Waals surface area contributed by atoms with Gasteiger partial charge in [-0.15, -0.1) is 0 Å². The first-order chi connectivity index (χ1) is 47.5. The number of aliphatic hydroxyl groups excluding tert-OH is 2. The van der Waals surface area contributed by atoms with Crippen LogP contribution in [-0.4, -0.2) is 47.4 Å². The predicted molar refractivity (Wildman–Crippen MR) is 426 cm³/mol. The number of hydrogen-bond acceptors (Lipinski definition) is 5. The smallest absolute Gasteiger partial charge is 0.305 e. The summed E-state index contributed by atoms with van der Waals surface area (Å²) >= 11 is 0. The van der Waals surface area contributed by atoms with Crippen LogP contribution in [0.1, 0.15) is 489 Å². The lowest BCUT2D eigenvalue weighted by Gasteiger charge is -2.20. The summed E-state index contributed by atoms with van der Waals surface area (Å²) in [5.74, 6) is -0.0436. The van der Waals surface area contributed by atoms with E-state index in [1.807, 2.05) is 6.08 Å². The number of rotatable bonds is 83. The maximum absolute atomic E-state index is 12.6. The van der Waals surface area contributed by atoms with E-state index in [0.717, 1.165) is 51.4 Å². The van der Waals surface area contributed by atoms with Crippen molar-refractivity contribution >= 4 is 11.9 Å². The normalized spacial score (nSPS) is 12.7. The number of ether oxygens (including phenoxy) is 1. The van der Waals surface area contributed by atoms with Gasteiger partial charge in [0.15, 0.2) is 0 Å². The van der Waals surface area contributed by atoms with Gasteiger partial charge in [0.1, 0.15) is 0 Å². The number of allylic oxidation sites excluding steroid dienone is 7. The Morgan fingerprint density at radius 3 is 0.802 bits per heavy atom. The fourth-order valence-corrected chi connectivity index (χ4v) is 13.9. The van der Waals surface area contributed by atoms with Crippen molar-refractivity contribution in [3.8, 4) is 0 Å². The molecule has 0 aliphatic carbocycles. The van der Waals surface area contributed by atoms with Crippen LogP contribution in [0.5, 0.6) is 0 Å². The van der Waals surface area contributed by atoms with Crippen LogP contribution in [0.25, 0.3) is 0 Å². The highest BCUT2D eigenvalue weighted by molar-refractivity contribution is 5.76. The quantitative estimate of drug-likeness (QED) is 0.0320. The molecule has 96 heavy (non-hydrogen) atoms. The first kappa shape index (κ1) is 93.8. The van der Waals surface area contributed by atoms with Gasteiger partial charge in [-0.2, -0.15) is 0 Å². The summed E-state index contributed by atoms with van der Waals surface area (Å²) in [6.07, 6.45) is 114. The van der Waals surface area contributed by atoms with E-state index in [1.54, 1.807) is 6.08 Å². The fraction of sp³-hybridized carbons (Fsp3) is 0.889. The Kier molecular flexibility index (Phi) is 83.3. The number of hydrogen-bond donors (Lipinski definition) is 3. The summed E-state index contributed by atoms with van der Waals surface area (Å²) in [5, 5.41) is 23.3. The van der Waals surface area contributed by atoms with Crippen LogP contribution in [0.3, 0.4) is 0 Å². The molecular formula is C90H171NO5. The summed E-state index contributed by atoms with van der Waals surface area (Å²) in [4.78, 5) is 24.7. The Bertz CT molecular complexity index is 1600. The Morgan fingerprint density at radius 1 is 0.292 bits per heavy atom. The van der Waals surface area contributed by atoms with Crippen molar-refractivity contribution in [2.75, 3.05) is 13.2 Å². The van der Waals surface area contributed by atoms with Gasteiger partial charge in [0.25, 0.3) is 0 Å². The molecule has 0 aromatic rings. The molecule has 6 heteroatoms. The predicted octanol–water partition coefficient (Wildman–Crippen LogP) is 29.5. The monoisotopic (exact) mass is 1350 g/mol. The summed E-state index contributed by atoms with van der Waals surface area (Å²) < 4.78 is 5.51. The van der Waals surface area contributed by atoms with Crippen LogP contribution in [0.2, 0.25) is 0 Å². The second kappa shape index (κ2) is 85.2. The van der Waals surface area contributed by atoms with Gasteiger partial charge in [-0.05, 0) is 89.9 Å². The van der Waals surface area contributed by atoms with Crippen LogP contribution in [0, 0.1) is 0 Å². The molecule has 3 N–H and O–H groups in total. The Labute approximate surface area is 601 Å². The maximum atomic E-state index is 12.6. The number of aliphatic hydroxyl groups is 2. The Morgan fingerprint density at radius 2 is 0.521 bits per heavy atom. The molecule has 0 fully saturated rings. The maximum Gasteiger partial charge on any atom is 0.305 e. The molecule has 6 nitrogen and oxygen atoms in total. The van der Waals surface area contributed by atoms with Gasteiger partial charge in [0.05, 0.1) is 25.4 Å². The van der Waals surface area contributed by atoms with Gasteiger partial charge in [0.2, 0.25) is 5.91 Å². The topological polar surface area (TPSA) is 95.9 Å². The van der Waals surface area contributed by atoms with E-state index in [1.165, 1.54) is 411 Å². The second-order valence-electron chi connectivity index (χ2n) is 30.2. The minimum absolute atomic E-state index is 0.0165. The molecule has 0 saturated heterocycles. The zero-order chi connectivity index (χ0) is 69.1. The standard InChI is InChI=1S/C90H171NO5/c1-3-5-7-9-11-13-15-17-19-21-23-24-25-41-44-47-50-54-58-62-66-70-74-78-82-88(93)87(86-92)91-89(94)83-79-75-71-67-63-59-55-51-48-45-42-39-37-35-33-31-29-27-26-28-30-32-34-36-38-40-43-46-49-53-57-61-65-69-73-77-81-85-96-90(95)84-80-76-72-68-64-60-56-52-22-20-18-16-14-12-10-8-6-4-2/h20,22,26,28,32,34,78,82,87-88,92-93H,3-19,21,23-25,27,29-31,33,35-77,79-81,83-86H2,1-2H3,(H,91,94)/b22-20-,28-26-,34-32-,82-78+. The number of carbonyl (C=O) groups is 2. The second-order valence-corrected chi connectivity index (χ2v) is 30.2. The summed E-state index contributed by atoms with van der Waals surface area (Å²) in [5.41, 5.74) is 0. The molecule has 0 heterocycles. The van der Waals surface area contributed by atoms with E-state index < -0.39 is 12.1 Å². The molecule has 0 aromatic carbocycles. The van der Waals surface area contributed by atoms with Crippen LogP contribution in [0.15, 0.2) is 48.6 Å². The number of amides is 1. The third kappa shape index (κ3) is 80.8. The highest BCUT2D eigenvalue weighted by Gasteiger charge is 2.18. The Hall–Kier alpha value is -2.18. The molecule has 0 aliphatic rings. The van der Waals surface area contributed by atoms with E-state index >= 15 is 0 Å². The summed E-state index contributed by atoms with van der Waals surface area (Å²) in [6, 6.07) is -0.628. The van der Waals surface area contributed by atoms with Crippen molar-refractivity contribution in [2.24, 2.45) is 0 Å². The summed E-state index contributed by atoms with van der Waals surface area (Å²) in [7, 11) is 0. The van der Waals surface area contributed by atoms with Crippen molar-refractivity contribution in [2.45, 2.75) is 501 Å². The van der Waals surface area contributed by atoms with Crippen LogP contribution >= 0.6 is 0 Å². The molecule has 0 bridgehead atoms. The van der Waals surface area contributed by atoms with Gasteiger partial charge in [-0.25, -0.2) is 0 Å². The average molecular weight is 1350 g/mol. The first-order valence-electron chi connectivity index (χ1n) is 43.9. The minimum atomic E-state index is -0.845. The molecule has 2 unspecified atom stereocenters. The van der Waals surface area contributed by atoms with Crippen molar-refractivity contribution in [3.05, 3.63) is 48.6 Å². The van der Waals surface area contributed by atoms with Crippen molar-refractivity contribution in [1.82, 2.24) is 5.32 Å². The largest absolute Gasteiger partial charge is 0.466 e. The van der Waals surface area contributed by atoms with E-state index in [0.29, 0.717) is 19.4 Å². The van der Waals surface area contributed by atoms with E-state index in [2.05, 4.69) is 55.6 Å². The van der Waals surface area contributed by atoms with E-state index in [-0.39, 0.29) is 18.5 Å². The van der Waals surface area contributed by atoms with Crippen LogP contribution in [0.4, 0.5) is 0 Å². The van der Waals surface area contributed by atoms with Crippen molar-refractivity contribution in [1.29, 1.82) is 0 Å². The molecular weight excluding hydrogens is 1170 g/mol. The van der Waals surface area contributed by atoms with Crippen LogP contribution < -0.4 is 5.32 Å². The number of carbonyl (C=O) groups excluding carboxylic acids is 2. The number of unbranched alkanes of at least 4 members (excludes halogenated alkanes) is 66. The first-order valence-corrected chi connectivity index (χ1v) is 43.9. The van der Waals surface area contributed by atoms with E-state index in [4.69, 9.17) is 4.74 Å². The number of esters is 1. The molecule has 0 spiro atoms. The lowest BCUT2D eigenvalue weighted by Crippen LogP contribution is -2.45. The lowest BCUT2D eigenvalue weighted by molar-refractivity contribution is -0.143. The molecule has 0 aliphatic heterocycles. The summed E-state index contributed by atoms with van der Waals surface area (Å²) in [6.45, 7) is 4.96. The minimum Gasteiger partial charge on any atom is -0.466 e. The van der Waals surface area contributed by atoms with Crippen molar-refractivity contribution in [3.63, 3.8) is 0 Å². The zero-order valence-corrected chi connectivity index (χ0v) is 65.1. The third-order valence-electron chi connectivity index (χ3n) is 20.6. The van der Waals surface area contributed by atoms with Gasteiger partial charge >= 0.3 is 5.97 Å². The highest BCUT2D eigenvalue weighted by atomic mass is 16.5. The Balaban J connectivity index is 3.38. The molecule has 0 rings (SSSR count). The third-order valence-corrected chi connectivity index (χ3v) is 20.6. The van der Waals surface area contributed by atoms with Crippen molar-refractivity contribution < 1.29 is 24.5 Å². The van der Waals surface area contributed by atoms with Gasteiger partial charge in [-0.1, -0.05) is 435 Å². The van der Waals surface area contributed by atoms with E-state index in [9.17, 15) is 19.8 Å². The molecule has 2 atom stereocenters. The van der Waals surface area contributed by atoms with Crippen LogP contribution in [-0.2, 0) is 14.3 Å². The molecule has 1 amide bonds. The lowest BCUT2D eigenvalue weighted by atomic mass is 10.0. The van der Waals surface area contributed by atoms with Gasteiger partial charge < -0.3 is 20.3 Å². The average Bonchev–Trinajstić information content (AvgIpc) is 2.88. The SMILES string of the molecule is CCCCCCCCC/C=C\CCCCCCCCCC(=O)OCCCCCCCCCCCCCCC/C=C\C/C=C\CCCCCCCCCCCCCCCCCCCC(=O)NC(CO)C(O)/C=C/CCCCCCCCCCCCCCCCCCCCCCCC. The molecule has 0 saturated carbocycles. The number of nitrogens with one attached hydrogen (secondary N) is 1. The van der Waals surface area contributed by atoms with Gasteiger partial charge in [0, 0.05) is 12.8 Å².